The number of nitrogens with zero attached hydrogens (tertiary/aromatic N) is 1. The maximum absolute atomic E-state index is 12.4. The molecular weight excluding hydrogens is 248 g/mol. The molecule has 1 amide bonds. The molecule has 1 aromatic rings. The number of nitrogens with two attached hydrogens (primary N) is 1. The highest BCUT2D eigenvalue weighted by Crippen LogP contribution is 2.25. The zero-order valence-electron chi connectivity index (χ0n) is 13.7. The Bertz CT molecular complexity index is 455. The van der Waals surface area contributed by atoms with Crippen LogP contribution in [-0.4, -0.2) is 18.5 Å². The van der Waals surface area contributed by atoms with Gasteiger partial charge in [0, 0.05) is 12.7 Å². The Hall–Kier alpha value is -1.35. The molecule has 1 unspecified atom stereocenters. The first-order valence-corrected chi connectivity index (χ1v) is 7.27. The van der Waals surface area contributed by atoms with Gasteiger partial charge in [-0.1, -0.05) is 46.2 Å². The van der Waals surface area contributed by atoms with Crippen molar-refractivity contribution in [2.45, 2.75) is 58.4 Å². The second kappa shape index (κ2) is 5.96. The summed E-state index contributed by atoms with van der Waals surface area (Å²) in [7, 11) is 1.79. The molecule has 1 rings (SSSR count). The Labute approximate surface area is 123 Å². The maximum Gasteiger partial charge on any atom is 0.246 e. The van der Waals surface area contributed by atoms with Gasteiger partial charge in [-0.3, -0.25) is 4.79 Å². The van der Waals surface area contributed by atoms with Crippen LogP contribution in [0.1, 0.15) is 53.0 Å². The van der Waals surface area contributed by atoms with Crippen molar-refractivity contribution in [3.63, 3.8) is 0 Å². The molecule has 0 aliphatic rings. The summed E-state index contributed by atoms with van der Waals surface area (Å²) in [5.41, 5.74) is 7.58. The van der Waals surface area contributed by atoms with Crippen molar-refractivity contribution in [3.05, 3.63) is 29.8 Å². The Balaban J connectivity index is 2.93. The number of amides is 1. The van der Waals surface area contributed by atoms with Crippen molar-refractivity contribution in [3.8, 4) is 0 Å². The summed E-state index contributed by atoms with van der Waals surface area (Å²) in [4.78, 5) is 14.1. The van der Waals surface area contributed by atoms with Crippen molar-refractivity contribution in [1.29, 1.82) is 0 Å². The maximum atomic E-state index is 12.4. The van der Waals surface area contributed by atoms with Crippen LogP contribution >= 0.6 is 0 Å². The van der Waals surface area contributed by atoms with Crippen LogP contribution in [0.4, 0.5) is 5.69 Å². The van der Waals surface area contributed by atoms with Crippen molar-refractivity contribution < 1.29 is 4.79 Å². The van der Waals surface area contributed by atoms with Gasteiger partial charge in [0.2, 0.25) is 5.91 Å². The molecular formula is C17H28N2O. The summed E-state index contributed by atoms with van der Waals surface area (Å²) < 4.78 is 0. The first-order valence-electron chi connectivity index (χ1n) is 7.27. The molecule has 2 N–H and O–H groups in total. The molecule has 0 aliphatic carbocycles. The van der Waals surface area contributed by atoms with E-state index in [-0.39, 0.29) is 11.3 Å². The third kappa shape index (κ3) is 3.83. The number of likely N-dealkylation sites (N-methyl/N-ethyl adjacent to an activating group) is 1. The molecule has 0 saturated heterocycles. The minimum Gasteiger partial charge on any atom is -0.318 e. The molecule has 3 nitrogen and oxygen atoms in total. The summed E-state index contributed by atoms with van der Waals surface area (Å²) >= 11 is 0. The molecule has 0 spiro atoms. The highest BCUT2D eigenvalue weighted by atomic mass is 16.2. The van der Waals surface area contributed by atoms with Gasteiger partial charge in [0.1, 0.15) is 0 Å². The van der Waals surface area contributed by atoms with Crippen molar-refractivity contribution >= 4 is 11.6 Å². The number of hydrogen-bond acceptors (Lipinski definition) is 2. The van der Waals surface area contributed by atoms with Gasteiger partial charge in [-0.25, -0.2) is 0 Å². The van der Waals surface area contributed by atoms with E-state index in [2.05, 4.69) is 32.9 Å². The molecule has 112 valence electrons. The fourth-order valence-corrected chi connectivity index (χ4v) is 2.31. The normalized spacial score (nSPS) is 14.8. The lowest BCUT2D eigenvalue weighted by Gasteiger charge is -2.29. The van der Waals surface area contributed by atoms with E-state index >= 15 is 0 Å². The lowest BCUT2D eigenvalue weighted by molar-refractivity contribution is -0.123. The van der Waals surface area contributed by atoms with E-state index in [4.69, 9.17) is 5.73 Å². The van der Waals surface area contributed by atoms with Gasteiger partial charge >= 0.3 is 0 Å². The van der Waals surface area contributed by atoms with Crippen molar-refractivity contribution in [2.75, 3.05) is 11.9 Å². The highest BCUT2D eigenvalue weighted by molar-refractivity contribution is 5.99. The fraction of sp³-hybridized carbons (Fsp3) is 0.588. The largest absolute Gasteiger partial charge is 0.318 e. The van der Waals surface area contributed by atoms with Crippen LogP contribution in [0.2, 0.25) is 0 Å². The van der Waals surface area contributed by atoms with E-state index < -0.39 is 5.54 Å². The predicted molar refractivity (Wildman–Crippen MR) is 86.1 cm³/mol. The zero-order chi connectivity index (χ0) is 15.6. The lowest BCUT2D eigenvalue weighted by atomic mass is 9.87. The van der Waals surface area contributed by atoms with Crippen LogP contribution in [0.5, 0.6) is 0 Å². The van der Waals surface area contributed by atoms with E-state index in [0.717, 1.165) is 12.1 Å². The van der Waals surface area contributed by atoms with Crippen LogP contribution in [0, 0.1) is 0 Å². The van der Waals surface area contributed by atoms with Gasteiger partial charge < -0.3 is 10.6 Å². The first-order chi connectivity index (χ1) is 9.09. The molecule has 3 heteroatoms. The first kappa shape index (κ1) is 16.7. The topological polar surface area (TPSA) is 46.3 Å². The van der Waals surface area contributed by atoms with Crippen LogP contribution in [0.25, 0.3) is 0 Å². The average molecular weight is 276 g/mol. The second-order valence-corrected chi connectivity index (χ2v) is 6.83. The zero-order valence-corrected chi connectivity index (χ0v) is 13.7. The molecule has 0 radical (unpaired) electrons. The number of carbonyl (C=O) groups excluding carboxylic acids is 1. The van der Waals surface area contributed by atoms with E-state index in [1.807, 2.05) is 19.1 Å². The van der Waals surface area contributed by atoms with Crippen molar-refractivity contribution in [1.82, 2.24) is 0 Å². The highest BCUT2D eigenvalue weighted by Gasteiger charge is 2.30. The number of hydrogen-bond donors (Lipinski definition) is 1. The van der Waals surface area contributed by atoms with Gasteiger partial charge in [0.15, 0.2) is 0 Å². The number of anilines is 1. The van der Waals surface area contributed by atoms with Gasteiger partial charge in [0.25, 0.3) is 0 Å². The summed E-state index contributed by atoms with van der Waals surface area (Å²) in [6.07, 6.45) is 1.59. The Morgan fingerprint density at radius 1 is 1.15 bits per heavy atom. The molecule has 20 heavy (non-hydrogen) atoms. The quantitative estimate of drug-likeness (QED) is 0.915. The molecule has 1 aromatic carbocycles. The van der Waals surface area contributed by atoms with Gasteiger partial charge in [0.05, 0.1) is 5.54 Å². The van der Waals surface area contributed by atoms with Gasteiger partial charge in [-0.2, -0.15) is 0 Å². The number of rotatable bonds is 4. The molecule has 0 saturated carbocycles. The number of benzene rings is 1. The van der Waals surface area contributed by atoms with Crippen LogP contribution in [0.15, 0.2) is 24.3 Å². The summed E-state index contributed by atoms with van der Waals surface area (Å²) in [6.45, 7) is 10.4. The molecule has 0 bridgehead atoms. The standard InChI is InChI=1S/C17H28N2O/c1-7-12-17(5,18)15(20)19(6)14-10-8-13(9-11-14)16(2,3)4/h8-11H,7,12,18H2,1-6H3. The fourth-order valence-electron chi connectivity index (χ4n) is 2.31. The summed E-state index contributed by atoms with van der Waals surface area (Å²) in [6, 6.07) is 8.13. The predicted octanol–water partition coefficient (Wildman–Crippen LogP) is 3.46. The van der Waals surface area contributed by atoms with Crippen LogP contribution in [0.3, 0.4) is 0 Å². The Kier molecular flexibility index (Phi) is 4.98. The minimum absolute atomic E-state index is 0.0390. The number of carbonyl (C=O) groups is 1. The third-order valence-corrected chi connectivity index (χ3v) is 3.68. The average Bonchev–Trinajstić information content (AvgIpc) is 2.36. The second-order valence-electron chi connectivity index (χ2n) is 6.83. The monoisotopic (exact) mass is 276 g/mol. The summed E-state index contributed by atoms with van der Waals surface area (Å²) in [5.74, 6) is -0.0390. The Morgan fingerprint density at radius 2 is 1.65 bits per heavy atom. The lowest BCUT2D eigenvalue weighted by Crippen LogP contribution is -2.52. The minimum atomic E-state index is -0.799. The van der Waals surface area contributed by atoms with E-state index in [1.165, 1.54) is 5.56 Å². The van der Waals surface area contributed by atoms with Crippen LogP contribution in [-0.2, 0) is 10.2 Å². The van der Waals surface area contributed by atoms with E-state index in [0.29, 0.717) is 6.42 Å². The SMILES string of the molecule is CCCC(C)(N)C(=O)N(C)c1ccc(C(C)(C)C)cc1. The van der Waals surface area contributed by atoms with Crippen LogP contribution < -0.4 is 10.6 Å². The van der Waals surface area contributed by atoms with Gasteiger partial charge in [-0.05, 0) is 36.5 Å². The van der Waals surface area contributed by atoms with E-state index in [1.54, 1.807) is 18.9 Å². The van der Waals surface area contributed by atoms with E-state index in [9.17, 15) is 4.79 Å². The molecule has 0 heterocycles. The van der Waals surface area contributed by atoms with Gasteiger partial charge in [-0.15, -0.1) is 0 Å². The summed E-state index contributed by atoms with van der Waals surface area (Å²) in [5, 5.41) is 0. The molecule has 0 fully saturated rings. The molecule has 0 aromatic heterocycles. The molecule has 0 aliphatic heterocycles. The van der Waals surface area contributed by atoms with Crippen molar-refractivity contribution in [2.24, 2.45) is 5.73 Å². The molecule has 1 atom stereocenters. The third-order valence-electron chi connectivity index (χ3n) is 3.68. The Morgan fingerprint density at radius 3 is 2.05 bits per heavy atom. The smallest absolute Gasteiger partial charge is 0.246 e.